The van der Waals surface area contributed by atoms with Gasteiger partial charge in [-0.05, 0) is 41.1 Å². The number of alkyl halides is 3. The van der Waals surface area contributed by atoms with E-state index in [0.717, 1.165) is 10.2 Å². The van der Waals surface area contributed by atoms with Crippen molar-refractivity contribution >= 4 is 21.6 Å². The molecule has 1 aromatic rings. The van der Waals surface area contributed by atoms with Crippen molar-refractivity contribution in [1.29, 1.82) is 5.26 Å². The molecule has 1 saturated heterocycles. The third-order valence-electron chi connectivity index (χ3n) is 3.56. The van der Waals surface area contributed by atoms with E-state index in [1.165, 1.54) is 4.90 Å². The van der Waals surface area contributed by atoms with Crippen LogP contribution in [-0.2, 0) is 0 Å². The van der Waals surface area contributed by atoms with Crippen LogP contribution in [0.4, 0.5) is 18.9 Å². The van der Waals surface area contributed by atoms with E-state index in [-0.39, 0.29) is 6.04 Å². The first-order chi connectivity index (χ1) is 9.80. The molecular formula is C14H15BrF3N3. The number of halogens is 4. The smallest absolute Gasteiger partial charge is 0.368 e. The number of anilines is 1. The van der Waals surface area contributed by atoms with Gasteiger partial charge in [0.1, 0.15) is 0 Å². The summed E-state index contributed by atoms with van der Waals surface area (Å²) < 4.78 is 38.3. The molecular weight excluding hydrogens is 347 g/mol. The van der Waals surface area contributed by atoms with Gasteiger partial charge in [-0.1, -0.05) is 0 Å². The average Bonchev–Trinajstić information content (AvgIpc) is 2.39. The van der Waals surface area contributed by atoms with Crippen LogP contribution in [0.1, 0.15) is 12.5 Å². The minimum Gasteiger partial charge on any atom is -0.368 e. The fourth-order valence-corrected chi connectivity index (χ4v) is 3.14. The van der Waals surface area contributed by atoms with Crippen LogP contribution in [0, 0.1) is 11.3 Å². The van der Waals surface area contributed by atoms with Gasteiger partial charge in [-0.25, -0.2) is 0 Å². The first kappa shape index (κ1) is 16.1. The molecule has 1 aliphatic rings. The topological polar surface area (TPSA) is 30.3 Å². The summed E-state index contributed by atoms with van der Waals surface area (Å²) in [6.07, 6.45) is -4.16. The number of nitrogens with zero attached hydrogens (tertiary/aromatic N) is 3. The molecule has 0 amide bonds. The molecule has 1 aliphatic heterocycles. The van der Waals surface area contributed by atoms with Crippen LogP contribution in [-0.4, -0.2) is 43.3 Å². The molecule has 0 saturated carbocycles. The van der Waals surface area contributed by atoms with Crippen molar-refractivity contribution in [3.05, 3.63) is 28.2 Å². The van der Waals surface area contributed by atoms with Crippen LogP contribution in [0.2, 0.25) is 0 Å². The van der Waals surface area contributed by atoms with Crippen molar-refractivity contribution in [3.63, 3.8) is 0 Å². The highest BCUT2D eigenvalue weighted by Gasteiger charge is 2.35. The molecule has 1 aromatic carbocycles. The van der Waals surface area contributed by atoms with E-state index in [1.54, 1.807) is 19.1 Å². The number of hydrogen-bond donors (Lipinski definition) is 0. The molecule has 0 bridgehead atoms. The van der Waals surface area contributed by atoms with E-state index in [1.807, 2.05) is 11.0 Å². The average molecular weight is 362 g/mol. The van der Waals surface area contributed by atoms with Crippen molar-refractivity contribution in [3.8, 4) is 6.07 Å². The highest BCUT2D eigenvalue weighted by Crippen LogP contribution is 2.30. The van der Waals surface area contributed by atoms with Crippen molar-refractivity contribution in [1.82, 2.24) is 4.90 Å². The van der Waals surface area contributed by atoms with Gasteiger partial charge < -0.3 is 4.90 Å². The molecule has 7 heteroatoms. The van der Waals surface area contributed by atoms with Crippen molar-refractivity contribution < 1.29 is 13.2 Å². The minimum absolute atomic E-state index is 0.178. The van der Waals surface area contributed by atoms with Gasteiger partial charge in [-0.15, -0.1) is 0 Å². The Kier molecular flexibility index (Phi) is 4.79. The standard InChI is InChI=1S/C14H15BrF3N3/c1-10-8-20(4-5-21(10)9-14(16,17)18)13-3-2-11(7-19)6-12(13)15/h2-3,6,10H,4-5,8-9H2,1H3. The van der Waals surface area contributed by atoms with Crippen molar-refractivity contribution in [2.75, 3.05) is 31.1 Å². The molecule has 0 N–H and O–H groups in total. The number of hydrogen-bond acceptors (Lipinski definition) is 3. The summed E-state index contributed by atoms with van der Waals surface area (Å²) in [4.78, 5) is 3.50. The van der Waals surface area contributed by atoms with Gasteiger partial charge in [0.05, 0.1) is 23.9 Å². The molecule has 1 fully saturated rings. The molecule has 0 radical (unpaired) electrons. The largest absolute Gasteiger partial charge is 0.401 e. The molecule has 1 unspecified atom stereocenters. The second-order valence-electron chi connectivity index (χ2n) is 5.16. The lowest BCUT2D eigenvalue weighted by atomic mass is 10.1. The van der Waals surface area contributed by atoms with E-state index < -0.39 is 12.7 Å². The lowest BCUT2D eigenvalue weighted by Gasteiger charge is -2.41. The first-order valence-corrected chi connectivity index (χ1v) is 7.35. The molecule has 1 heterocycles. The highest BCUT2D eigenvalue weighted by molar-refractivity contribution is 9.10. The zero-order valence-corrected chi connectivity index (χ0v) is 13.1. The fourth-order valence-electron chi connectivity index (χ4n) is 2.51. The van der Waals surface area contributed by atoms with Crippen LogP contribution in [0.15, 0.2) is 22.7 Å². The monoisotopic (exact) mass is 361 g/mol. The maximum atomic E-state index is 12.5. The maximum absolute atomic E-state index is 12.5. The molecule has 3 nitrogen and oxygen atoms in total. The Balaban J connectivity index is 2.07. The van der Waals surface area contributed by atoms with E-state index in [4.69, 9.17) is 5.26 Å². The van der Waals surface area contributed by atoms with E-state index >= 15 is 0 Å². The van der Waals surface area contributed by atoms with Crippen LogP contribution >= 0.6 is 15.9 Å². The third-order valence-corrected chi connectivity index (χ3v) is 4.20. The predicted molar refractivity (Wildman–Crippen MR) is 78.2 cm³/mol. The normalized spacial score (nSPS) is 20.4. The van der Waals surface area contributed by atoms with Gasteiger partial charge >= 0.3 is 6.18 Å². The summed E-state index contributed by atoms with van der Waals surface area (Å²) in [6.45, 7) is 2.37. The summed E-state index contributed by atoms with van der Waals surface area (Å²) in [5.74, 6) is 0. The lowest BCUT2D eigenvalue weighted by Crippen LogP contribution is -2.54. The molecule has 21 heavy (non-hydrogen) atoms. The van der Waals surface area contributed by atoms with E-state index in [9.17, 15) is 13.2 Å². The zero-order valence-electron chi connectivity index (χ0n) is 11.5. The molecule has 0 spiro atoms. The summed E-state index contributed by atoms with van der Waals surface area (Å²) in [6, 6.07) is 7.15. The Morgan fingerprint density at radius 1 is 1.38 bits per heavy atom. The van der Waals surface area contributed by atoms with E-state index in [2.05, 4.69) is 22.0 Å². The molecule has 114 valence electrons. The van der Waals surface area contributed by atoms with Crippen LogP contribution in [0.5, 0.6) is 0 Å². The second kappa shape index (κ2) is 6.24. The predicted octanol–water partition coefficient (Wildman–Crippen LogP) is 3.39. The number of nitriles is 1. The van der Waals surface area contributed by atoms with Crippen molar-refractivity contribution in [2.45, 2.75) is 19.1 Å². The number of benzene rings is 1. The molecule has 2 rings (SSSR count). The van der Waals surface area contributed by atoms with Crippen LogP contribution in [0.25, 0.3) is 0 Å². The Morgan fingerprint density at radius 3 is 2.62 bits per heavy atom. The Morgan fingerprint density at radius 2 is 2.10 bits per heavy atom. The van der Waals surface area contributed by atoms with E-state index in [0.29, 0.717) is 25.2 Å². The van der Waals surface area contributed by atoms with Crippen LogP contribution < -0.4 is 4.90 Å². The van der Waals surface area contributed by atoms with Gasteiger partial charge in [0.2, 0.25) is 0 Å². The van der Waals surface area contributed by atoms with Gasteiger partial charge in [0.15, 0.2) is 0 Å². The third kappa shape index (κ3) is 4.11. The quantitative estimate of drug-likeness (QED) is 0.808. The van der Waals surface area contributed by atoms with Gasteiger partial charge in [-0.3, -0.25) is 4.90 Å². The lowest BCUT2D eigenvalue weighted by molar-refractivity contribution is -0.150. The van der Waals surface area contributed by atoms with Gasteiger partial charge in [-0.2, -0.15) is 18.4 Å². The fraction of sp³-hybridized carbons (Fsp3) is 0.500. The van der Waals surface area contributed by atoms with Crippen molar-refractivity contribution in [2.24, 2.45) is 0 Å². The summed E-state index contributed by atoms with van der Waals surface area (Å²) >= 11 is 3.42. The maximum Gasteiger partial charge on any atom is 0.401 e. The Hall–Kier alpha value is -1.26. The first-order valence-electron chi connectivity index (χ1n) is 6.55. The number of rotatable bonds is 2. The molecule has 1 atom stereocenters. The second-order valence-corrected chi connectivity index (χ2v) is 6.01. The van der Waals surface area contributed by atoms with Gasteiger partial charge in [0, 0.05) is 30.1 Å². The molecule has 0 aromatic heterocycles. The molecule has 0 aliphatic carbocycles. The van der Waals surface area contributed by atoms with Crippen LogP contribution in [0.3, 0.4) is 0 Å². The highest BCUT2D eigenvalue weighted by atomic mass is 79.9. The summed E-state index contributed by atoms with van der Waals surface area (Å²) in [5.41, 5.74) is 1.46. The summed E-state index contributed by atoms with van der Waals surface area (Å²) in [7, 11) is 0. The van der Waals surface area contributed by atoms with Gasteiger partial charge in [0.25, 0.3) is 0 Å². The SMILES string of the molecule is CC1CN(c2ccc(C#N)cc2Br)CCN1CC(F)(F)F. The zero-order chi connectivity index (χ0) is 15.6. The number of piperazine rings is 1. The summed E-state index contributed by atoms with van der Waals surface area (Å²) in [5, 5.41) is 8.85. The minimum atomic E-state index is -4.16. The Bertz CT molecular complexity index is 553. The Labute approximate surface area is 130 Å².